The minimum atomic E-state index is -0.221. The number of carbonyl (C=O) groups is 1. The molecule has 1 saturated heterocycles. The van der Waals surface area contributed by atoms with Crippen LogP contribution in [0.3, 0.4) is 0 Å². The van der Waals surface area contributed by atoms with Gasteiger partial charge in [-0.1, -0.05) is 30.4 Å². The number of anilines is 1. The Hall–Kier alpha value is -1.82. The van der Waals surface area contributed by atoms with Crippen molar-refractivity contribution in [1.29, 1.82) is 0 Å². The Labute approximate surface area is 130 Å². The first-order valence-corrected chi connectivity index (χ1v) is 7.68. The van der Waals surface area contributed by atoms with Crippen molar-refractivity contribution in [2.75, 3.05) is 25.1 Å². The van der Waals surface area contributed by atoms with Crippen molar-refractivity contribution in [3.63, 3.8) is 0 Å². The van der Waals surface area contributed by atoms with Crippen molar-refractivity contribution in [2.45, 2.75) is 25.8 Å². The Morgan fingerprint density at radius 1 is 1.43 bits per heavy atom. The van der Waals surface area contributed by atoms with Crippen molar-refractivity contribution in [2.24, 2.45) is 0 Å². The van der Waals surface area contributed by atoms with Gasteiger partial charge in [-0.3, -0.25) is 10.4 Å². The van der Waals surface area contributed by atoms with Crippen LogP contribution < -0.4 is 5.43 Å². The van der Waals surface area contributed by atoms with E-state index in [2.05, 4.69) is 5.43 Å². The average Bonchev–Trinajstić information content (AvgIpc) is 2.54. The molecule has 1 N–H and O–H groups in total. The molecule has 1 aliphatic heterocycles. The summed E-state index contributed by atoms with van der Waals surface area (Å²) in [5.41, 5.74) is 5.95. The van der Waals surface area contributed by atoms with Crippen molar-refractivity contribution >= 4 is 29.5 Å². The van der Waals surface area contributed by atoms with Gasteiger partial charge in [-0.15, -0.1) is 0 Å². The number of thiocarbonyl (C=S) groups is 1. The molecule has 0 unspecified atom stereocenters. The molecule has 0 radical (unpaired) electrons. The van der Waals surface area contributed by atoms with Crippen LogP contribution in [0.25, 0.3) is 0 Å². The minimum Gasteiger partial charge on any atom is -0.450 e. The number of piperidine rings is 1. The fourth-order valence-corrected chi connectivity index (χ4v) is 2.63. The number of hydrazine groups is 1. The number of carbonyl (C=O) groups excluding carboxylic acids is 1. The number of benzene rings is 1. The van der Waals surface area contributed by atoms with Gasteiger partial charge in [0, 0.05) is 13.1 Å². The van der Waals surface area contributed by atoms with E-state index in [1.165, 1.54) is 0 Å². The van der Waals surface area contributed by atoms with Crippen LogP contribution in [-0.2, 0) is 4.74 Å². The lowest BCUT2D eigenvalue weighted by Gasteiger charge is -2.37. The summed E-state index contributed by atoms with van der Waals surface area (Å²) in [6, 6.07) is 10.2. The van der Waals surface area contributed by atoms with Crippen LogP contribution in [0.15, 0.2) is 30.3 Å². The van der Waals surface area contributed by atoms with Gasteiger partial charge in [-0.2, -0.15) is 0 Å². The molecule has 21 heavy (non-hydrogen) atoms. The van der Waals surface area contributed by atoms with E-state index in [4.69, 9.17) is 17.0 Å². The number of likely N-dealkylation sites (tertiary alicyclic amines) is 1. The fourth-order valence-electron chi connectivity index (χ4n) is 2.41. The van der Waals surface area contributed by atoms with Crippen LogP contribution in [0.2, 0.25) is 0 Å². The van der Waals surface area contributed by atoms with Crippen molar-refractivity contribution in [1.82, 2.24) is 9.91 Å². The van der Waals surface area contributed by atoms with Crippen LogP contribution in [-0.4, -0.2) is 47.2 Å². The molecule has 5 nitrogen and oxygen atoms in total. The van der Waals surface area contributed by atoms with Gasteiger partial charge in [0.2, 0.25) is 0 Å². The van der Waals surface area contributed by atoms with Crippen molar-refractivity contribution in [3.8, 4) is 0 Å². The van der Waals surface area contributed by atoms with Gasteiger partial charge >= 0.3 is 6.09 Å². The Morgan fingerprint density at radius 3 is 2.67 bits per heavy atom. The topological polar surface area (TPSA) is 44.8 Å². The monoisotopic (exact) mass is 307 g/mol. The predicted octanol–water partition coefficient (Wildman–Crippen LogP) is 2.89. The summed E-state index contributed by atoms with van der Waals surface area (Å²) >= 11 is 5.11. The zero-order valence-corrected chi connectivity index (χ0v) is 13.0. The van der Waals surface area contributed by atoms with E-state index in [9.17, 15) is 4.79 Å². The molecule has 2 rings (SSSR count). The highest BCUT2D eigenvalue weighted by molar-refractivity contribution is 7.78. The Balaban J connectivity index is 1.87. The average molecular weight is 307 g/mol. The third-order valence-electron chi connectivity index (χ3n) is 3.53. The first-order valence-electron chi connectivity index (χ1n) is 7.21. The summed E-state index contributed by atoms with van der Waals surface area (Å²) in [7, 11) is 0. The molecule has 1 amide bonds. The third-order valence-corrected chi connectivity index (χ3v) is 3.76. The van der Waals surface area contributed by atoms with Gasteiger partial charge in [0.1, 0.15) is 0 Å². The lowest BCUT2D eigenvalue weighted by Crippen LogP contribution is -2.48. The van der Waals surface area contributed by atoms with Gasteiger partial charge in [0.05, 0.1) is 23.8 Å². The summed E-state index contributed by atoms with van der Waals surface area (Å²) < 4.78 is 5.03. The molecule has 114 valence electrons. The molecular formula is C15H21N3O2S. The number of para-hydroxylation sites is 1. The maximum absolute atomic E-state index is 11.7. The van der Waals surface area contributed by atoms with Crippen LogP contribution in [0.4, 0.5) is 10.5 Å². The highest BCUT2D eigenvalue weighted by atomic mass is 32.1. The van der Waals surface area contributed by atoms with Gasteiger partial charge in [-0.05, 0) is 31.9 Å². The normalized spacial score (nSPS) is 15.4. The molecule has 1 aromatic carbocycles. The molecule has 6 heteroatoms. The third kappa shape index (κ3) is 4.32. The number of nitrogens with one attached hydrogen (secondary N) is 1. The molecule has 1 aliphatic rings. The second-order valence-corrected chi connectivity index (χ2v) is 5.12. The Morgan fingerprint density at radius 2 is 2.10 bits per heavy atom. The lowest BCUT2D eigenvalue weighted by atomic mass is 10.1. The van der Waals surface area contributed by atoms with Crippen molar-refractivity contribution in [3.05, 3.63) is 30.3 Å². The minimum absolute atomic E-state index is 0.221. The largest absolute Gasteiger partial charge is 0.450 e. The molecule has 0 aromatic heterocycles. The van der Waals surface area contributed by atoms with E-state index >= 15 is 0 Å². The number of hydrogen-bond acceptors (Lipinski definition) is 4. The summed E-state index contributed by atoms with van der Waals surface area (Å²) in [6.07, 6.45) is 1.51. The summed E-state index contributed by atoms with van der Waals surface area (Å²) in [5.74, 6) is 0. The quantitative estimate of drug-likeness (QED) is 0.669. The van der Waals surface area contributed by atoms with Crippen LogP contribution in [0.5, 0.6) is 0 Å². The molecule has 0 spiro atoms. The first kappa shape index (κ1) is 15.6. The number of nitrogens with zero attached hydrogens (tertiary/aromatic N) is 2. The van der Waals surface area contributed by atoms with Gasteiger partial charge in [-0.25, -0.2) is 4.79 Å². The molecule has 0 atom stereocenters. The van der Waals surface area contributed by atoms with Gasteiger partial charge in [0.15, 0.2) is 0 Å². The molecule has 1 fully saturated rings. The lowest BCUT2D eigenvalue weighted by molar-refractivity contribution is 0.0898. The smallest absolute Gasteiger partial charge is 0.409 e. The fraction of sp³-hybridized carbons (Fsp3) is 0.467. The van der Waals surface area contributed by atoms with Crippen LogP contribution in [0, 0.1) is 0 Å². The molecule has 0 saturated carbocycles. The predicted molar refractivity (Wildman–Crippen MR) is 87.2 cm³/mol. The standard InChI is InChI=1S/C15H21N3O2S/c1-2-20-15(19)17-10-8-14(9-11-17)18(12-21)16-13-6-4-3-5-7-13/h3-7,12,14,16H,2,8-11H2,1H3. The van der Waals surface area contributed by atoms with E-state index in [0.29, 0.717) is 19.7 Å². The Bertz CT molecular complexity index is 461. The molecule has 1 aromatic rings. The molecule has 0 bridgehead atoms. The Kier molecular flexibility index (Phi) is 5.80. The number of rotatable bonds is 5. The van der Waals surface area contributed by atoms with E-state index in [1.54, 1.807) is 10.4 Å². The van der Waals surface area contributed by atoms with Crippen LogP contribution in [0.1, 0.15) is 19.8 Å². The summed E-state index contributed by atoms with van der Waals surface area (Å²) in [4.78, 5) is 13.4. The SMILES string of the molecule is CCOC(=O)N1CCC(N(C=S)Nc2ccccc2)CC1. The van der Waals surface area contributed by atoms with E-state index in [1.807, 2.05) is 42.3 Å². The molecule has 1 heterocycles. The maximum atomic E-state index is 11.7. The summed E-state index contributed by atoms with van der Waals surface area (Å²) in [6.45, 7) is 3.63. The zero-order chi connectivity index (χ0) is 15.1. The molecule has 0 aliphatic carbocycles. The van der Waals surface area contributed by atoms with Gasteiger partial charge < -0.3 is 9.64 Å². The van der Waals surface area contributed by atoms with Crippen molar-refractivity contribution < 1.29 is 9.53 Å². The highest BCUT2D eigenvalue weighted by Gasteiger charge is 2.26. The molecular weight excluding hydrogens is 286 g/mol. The number of hydrogen-bond donors (Lipinski definition) is 1. The summed E-state index contributed by atoms with van der Waals surface area (Å²) in [5, 5.41) is 1.95. The van der Waals surface area contributed by atoms with E-state index in [-0.39, 0.29) is 12.1 Å². The van der Waals surface area contributed by atoms with Crippen LogP contribution >= 0.6 is 12.2 Å². The van der Waals surface area contributed by atoms with Gasteiger partial charge in [0.25, 0.3) is 0 Å². The second kappa shape index (κ2) is 7.83. The number of amides is 1. The maximum Gasteiger partial charge on any atom is 0.409 e. The highest BCUT2D eigenvalue weighted by Crippen LogP contribution is 2.18. The van der Waals surface area contributed by atoms with E-state index < -0.39 is 0 Å². The zero-order valence-electron chi connectivity index (χ0n) is 12.2. The number of ether oxygens (including phenoxy) is 1. The van der Waals surface area contributed by atoms with E-state index in [0.717, 1.165) is 18.5 Å². The second-order valence-electron chi connectivity index (χ2n) is 4.91. The first-order chi connectivity index (χ1) is 10.2.